The minimum atomic E-state index is -4.99. The molecule has 0 aliphatic rings. The molecule has 0 fully saturated rings. The van der Waals surface area contributed by atoms with Gasteiger partial charge in [0.1, 0.15) is 0 Å². The topological polar surface area (TPSA) is 113 Å². The van der Waals surface area contributed by atoms with E-state index in [1.807, 2.05) is 13.8 Å². The van der Waals surface area contributed by atoms with Crippen molar-refractivity contribution in [2.45, 2.75) is 20.3 Å². The zero-order chi connectivity index (χ0) is 11.4. The standard InChI is InChI=1S/C5H14O7P2/c1-5(2)3-4-11-14(9,10)12-13(6,7)8/h5H,3-4H2,1-2H3,(H,9,10)(H2,6,7,8)/i4+2. The van der Waals surface area contributed by atoms with Crippen LogP contribution < -0.4 is 0 Å². The summed E-state index contributed by atoms with van der Waals surface area (Å²) in [5, 5.41) is 0. The van der Waals surface area contributed by atoms with Gasteiger partial charge in [-0.05, 0) is 12.3 Å². The molecule has 0 aromatic rings. The van der Waals surface area contributed by atoms with E-state index in [0.717, 1.165) is 0 Å². The van der Waals surface area contributed by atoms with Crippen molar-refractivity contribution in [3.63, 3.8) is 0 Å². The number of phosphoric acid groups is 2. The molecular formula is C5H14O7P2. The third-order valence-corrected chi connectivity index (χ3v) is 3.34. The van der Waals surface area contributed by atoms with E-state index in [4.69, 9.17) is 14.7 Å². The molecule has 0 aliphatic heterocycles. The second kappa shape index (κ2) is 5.37. The van der Waals surface area contributed by atoms with Gasteiger partial charge in [-0.1, -0.05) is 13.8 Å². The van der Waals surface area contributed by atoms with Crippen molar-refractivity contribution in [1.82, 2.24) is 0 Å². The Balaban J connectivity index is 3.97. The molecule has 1 atom stereocenters. The van der Waals surface area contributed by atoms with Crippen LogP contribution in [0.4, 0.5) is 0 Å². The third kappa shape index (κ3) is 8.84. The molecule has 1 unspecified atom stereocenters. The Morgan fingerprint density at radius 2 is 1.79 bits per heavy atom. The molecular weight excluding hydrogens is 236 g/mol. The molecule has 0 aromatic carbocycles. The molecule has 14 heavy (non-hydrogen) atoms. The van der Waals surface area contributed by atoms with Crippen LogP contribution >= 0.6 is 15.6 Å². The largest absolute Gasteiger partial charge is 0.481 e. The summed E-state index contributed by atoms with van der Waals surface area (Å²) in [6.45, 7) is 3.65. The molecule has 0 amide bonds. The van der Waals surface area contributed by atoms with Crippen molar-refractivity contribution >= 4 is 15.6 Å². The van der Waals surface area contributed by atoms with Crippen molar-refractivity contribution in [2.24, 2.45) is 5.92 Å². The van der Waals surface area contributed by atoms with E-state index in [2.05, 4.69) is 8.83 Å². The minimum absolute atomic E-state index is 0.0918. The predicted molar refractivity (Wildman–Crippen MR) is 48.4 cm³/mol. The first-order chi connectivity index (χ1) is 6.12. The smallest absolute Gasteiger partial charge is 0.302 e. The number of rotatable bonds is 6. The van der Waals surface area contributed by atoms with Gasteiger partial charge in [-0.25, -0.2) is 9.13 Å². The monoisotopic (exact) mass is 250 g/mol. The van der Waals surface area contributed by atoms with Gasteiger partial charge in [0.15, 0.2) is 0 Å². The van der Waals surface area contributed by atoms with Crippen LogP contribution in [0.1, 0.15) is 20.3 Å². The predicted octanol–water partition coefficient (Wildman–Crippen LogP) is 1.26. The molecule has 0 aromatic heterocycles. The fourth-order valence-electron chi connectivity index (χ4n) is 0.562. The summed E-state index contributed by atoms with van der Waals surface area (Å²) < 4.78 is 28.9. The van der Waals surface area contributed by atoms with Crippen molar-refractivity contribution in [3.8, 4) is 0 Å². The highest BCUT2D eigenvalue weighted by molar-refractivity contribution is 7.60. The maximum absolute atomic E-state index is 10.8. The average Bonchev–Trinajstić information content (AvgIpc) is 1.78. The van der Waals surface area contributed by atoms with Crippen molar-refractivity contribution in [2.75, 3.05) is 6.61 Å². The molecule has 0 bridgehead atoms. The van der Waals surface area contributed by atoms with E-state index in [1.54, 1.807) is 0 Å². The lowest BCUT2D eigenvalue weighted by atomic mass is 10.2. The maximum Gasteiger partial charge on any atom is 0.481 e. The minimum Gasteiger partial charge on any atom is -0.302 e. The van der Waals surface area contributed by atoms with Crippen LogP contribution in [-0.2, 0) is 18.0 Å². The van der Waals surface area contributed by atoms with Crippen LogP contribution in [0.15, 0.2) is 0 Å². The molecule has 0 aliphatic carbocycles. The van der Waals surface area contributed by atoms with Crippen molar-refractivity contribution in [3.05, 3.63) is 0 Å². The number of hydrogen-bond acceptors (Lipinski definition) is 4. The molecule has 7 nitrogen and oxygen atoms in total. The van der Waals surface area contributed by atoms with Gasteiger partial charge in [0, 0.05) is 0 Å². The first-order valence-corrected chi connectivity index (χ1v) is 6.89. The van der Waals surface area contributed by atoms with Gasteiger partial charge in [0.05, 0.1) is 6.61 Å². The first-order valence-electron chi connectivity index (χ1n) is 3.86. The Morgan fingerprint density at radius 1 is 1.29 bits per heavy atom. The van der Waals surface area contributed by atoms with E-state index < -0.39 is 15.6 Å². The van der Waals surface area contributed by atoms with Gasteiger partial charge < -0.3 is 14.7 Å². The van der Waals surface area contributed by atoms with Crippen LogP contribution in [0.25, 0.3) is 0 Å². The molecule has 86 valence electrons. The summed E-state index contributed by atoms with van der Waals surface area (Å²) in [6, 6.07) is 0. The summed E-state index contributed by atoms with van der Waals surface area (Å²) >= 11 is 0. The van der Waals surface area contributed by atoms with E-state index in [-0.39, 0.29) is 12.5 Å². The highest BCUT2D eigenvalue weighted by Gasteiger charge is 2.31. The van der Waals surface area contributed by atoms with Gasteiger partial charge >= 0.3 is 15.6 Å². The average molecular weight is 250 g/mol. The zero-order valence-electron chi connectivity index (χ0n) is 7.86. The van der Waals surface area contributed by atoms with Crippen LogP contribution in [-0.4, -0.2) is 21.3 Å². The quantitative estimate of drug-likeness (QED) is 0.608. The van der Waals surface area contributed by atoms with Gasteiger partial charge in [-0.15, -0.1) is 0 Å². The SMILES string of the molecule is CC(C)C[14CH2]OP(=O)(O)OP(=O)(O)O. The summed E-state index contributed by atoms with van der Waals surface area (Å²) in [5.41, 5.74) is 0. The van der Waals surface area contributed by atoms with Crippen LogP contribution in [0.5, 0.6) is 0 Å². The lowest BCUT2D eigenvalue weighted by molar-refractivity contribution is 0.172. The summed E-state index contributed by atoms with van der Waals surface area (Å²) in [4.78, 5) is 25.3. The van der Waals surface area contributed by atoms with E-state index >= 15 is 0 Å². The van der Waals surface area contributed by atoms with Gasteiger partial charge in [-0.2, -0.15) is 4.31 Å². The van der Waals surface area contributed by atoms with E-state index in [1.165, 1.54) is 0 Å². The van der Waals surface area contributed by atoms with Crippen molar-refractivity contribution in [1.29, 1.82) is 0 Å². The molecule has 0 radical (unpaired) electrons. The molecule has 0 spiro atoms. The molecule has 0 heterocycles. The fourth-order valence-corrected chi connectivity index (χ4v) is 2.16. The summed E-state index contributed by atoms with van der Waals surface area (Å²) in [7, 11) is -9.62. The second-order valence-corrected chi connectivity index (χ2v) is 5.89. The maximum atomic E-state index is 10.8. The van der Waals surface area contributed by atoms with Crippen LogP contribution in [0, 0.1) is 5.92 Å². The van der Waals surface area contributed by atoms with Gasteiger partial charge in [-0.3, -0.25) is 4.52 Å². The molecule has 0 saturated carbocycles. The van der Waals surface area contributed by atoms with E-state index in [0.29, 0.717) is 6.42 Å². The van der Waals surface area contributed by atoms with Gasteiger partial charge in [0.25, 0.3) is 0 Å². The summed E-state index contributed by atoms with van der Waals surface area (Å²) in [6.07, 6.45) is 0.495. The van der Waals surface area contributed by atoms with Crippen LogP contribution in [0.3, 0.4) is 0 Å². The van der Waals surface area contributed by atoms with Crippen molar-refractivity contribution < 1.29 is 32.6 Å². The Bertz CT molecular complexity index is 257. The lowest BCUT2D eigenvalue weighted by Gasteiger charge is -2.12. The van der Waals surface area contributed by atoms with E-state index in [9.17, 15) is 9.13 Å². The molecule has 0 saturated heterocycles. The first kappa shape index (κ1) is 14.3. The number of phosphoric ester groups is 1. The summed E-state index contributed by atoms with van der Waals surface area (Å²) in [5.74, 6) is 0.255. The Labute approximate surface area is 81.9 Å². The molecule has 0 rings (SSSR count). The lowest BCUT2D eigenvalue weighted by Crippen LogP contribution is -1.99. The molecule has 9 heteroatoms. The van der Waals surface area contributed by atoms with Gasteiger partial charge in [0.2, 0.25) is 0 Å². The second-order valence-electron chi connectivity index (χ2n) is 3.06. The highest BCUT2D eigenvalue weighted by atomic mass is 31.3. The molecule has 3 N–H and O–H groups in total. The normalized spacial score (nSPS) is 17.0. The fraction of sp³-hybridized carbons (Fsp3) is 1.00. The highest BCUT2D eigenvalue weighted by Crippen LogP contribution is 2.57. The Morgan fingerprint density at radius 3 is 2.14 bits per heavy atom. The number of hydrogen-bond donors (Lipinski definition) is 3. The zero-order valence-corrected chi connectivity index (χ0v) is 9.65. The van der Waals surface area contributed by atoms with Crippen LogP contribution in [0.2, 0.25) is 0 Å². The third-order valence-electron chi connectivity index (χ3n) is 1.16. The Hall–Kier alpha value is 0.260. The Kier molecular flexibility index (Phi) is 5.47.